The molecule has 3 aromatic rings. The number of ether oxygens (including phenoxy) is 1. The smallest absolute Gasteiger partial charge is 0.317 e. The van der Waals surface area contributed by atoms with E-state index in [0.717, 1.165) is 23.1 Å². The van der Waals surface area contributed by atoms with Crippen molar-refractivity contribution in [1.29, 1.82) is 0 Å². The highest BCUT2D eigenvalue weighted by Gasteiger charge is 2.28. The molecule has 0 amide bonds. The van der Waals surface area contributed by atoms with E-state index < -0.39 is 18.1 Å². The molecule has 5 heteroatoms. The van der Waals surface area contributed by atoms with Crippen LogP contribution in [0, 0.1) is 0 Å². The first-order valence-electron chi connectivity index (χ1n) is 9.13. The first-order chi connectivity index (χ1) is 13.5. The van der Waals surface area contributed by atoms with Crippen LogP contribution in [0.4, 0.5) is 0 Å². The minimum atomic E-state index is -1.40. The molecule has 0 spiro atoms. The second-order valence-corrected chi connectivity index (χ2v) is 6.94. The molecule has 1 aliphatic carbocycles. The van der Waals surface area contributed by atoms with Crippen molar-refractivity contribution in [3.63, 3.8) is 0 Å². The Morgan fingerprint density at radius 1 is 1.00 bits per heavy atom. The lowest BCUT2D eigenvalue weighted by atomic mass is 9.97. The number of nitrogens with two attached hydrogens (primary N) is 1. The van der Waals surface area contributed by atoms with Crippen molar-refractivity contribution in [2.75, 3.05) is 0 Å². The summed E-state index contributed by atoms with van der Waals surface area (Å²) >= 11 is 0. The van der Waals surface area contributed by atoms with E-state index in [1.807, 2.05) is 24.3 Å². The largest absolute Gasteiger partial charge is 0.508 e. The van der Waals surface area contributed by atoms with Gasteiger partial charge in [-0.15, -0.1) is 0 Å². The van der Waals surface area contributed by atoms with Gasteiger partial charge in [-0.1, -0.05) is 54.6 Å². The number of esters is 1. The number of phenolic OH excluding ortho intramolecular Hbond substituents is 1. The highest BCUT2D eigenvalue weighted by Crippen LogP contribution is 2.38. The zero-order chi connectivity index (χ0) is 19.7. The molecule has 4 N–H and O–H groups in total. The SMILES string of the molecule is NC(O)C(C(=O)OCc1cccc2c1Cc1ccccc1-2)c1ccc(O)cc1. The van der Waals surface area contributed by atoms with Crippen LogP contribution in [-0.2, 0) is 22.6 Å². The molecule has 0 aromatic heterocycles. The molecule has 2 atom stereocenters. The van der Waals surface area contributed by atoms with Gasteiger partial charge in [0.1, 0.15) is 24.5 Å². The van der Waals surface area contributed by atoms with E-state index in [1.165, 1.54) is 23.3 Å². The summed E-state index contributed by atoms with van der Waals surface area (Å²) in [4.78, 5) is 12.6. The molecule has 0 saturated heterocycles. The van der Waals surface area contributed by atoms with Crippen molar-refractivity contribution in [2.45, 2.75) is 25.2 Å². The van der Waals surface area contributed by atoms with Crippen molar-refractivity contribution < 1.29 is 19.7 Å². The van der Waals surface area contributed by atoms with E-state index in [-0.39, 0.29) is 12.4 Å². The maximum absolute atomic E-state index is 12.6. The normalized spacial score (nSPS) is 14.1. The lowest BCUT2D eigenvalue weighted by Gasteiger charge is -2.19. The quantitative estimate of drug-likeness (QED) is 0.368. The fourth-order valence-electron chi connectivity index (χ4n) is 3.75. The molecule has 0 radical (unpaired) electrons. The standard InChI is InChI=1S/C23H21NO4/c24-22(26)21(14-8-10-17(25)11-9-14)23(27)28-13-16-5-3-7-19-18-6-2-1-4-15(18)12-20(16)19/h1-11,21-22,25-26H,12-13,24H2. The summed E-state index contributed by atoms with van der Waals surface area (Å²) in [5.41, 5.74) is 11.8. The molecule has 0 aliphatic heterocycles. The van der Waals surface area contributed by atoms with Crippen LogP contribution in [0.3, 0.4) is 0 Å². The zero-order valence-electron chi connectivity index (χ0n) is 15.2. The van der Waals surface area contributed by atoms with Crippen molar-refractivity contribution in [2.24, 2.45) is 5.73 Å². The van der Waals surface area contributed by atoms with Gasteiger partial charge in [0.05, 0.1) is 0 Å². The Bertz CT molecular complexity index is 1010. The number of carbonyl (C=O) groups excluding carboxylic acids is 1. The van der Waals surface area contributed by atoms with Crippen molar-refractivity contribution in [1.82, 2.24) is 0 Å². The highest BCUT2D eigenvalue weighted by atomic mass is 16.5. The van der Waals surface area contributed by atoms with Gasteiger partial charge < -0.3 is 20.7 Å². The Kier molecular flexibility index (Phi) is 4.86. The average Bonchev–Trinajstić information content (AvgIpc) is 3.07. The van der Waals surface area contributed by atoms with Gasteiger partial charge in [0.2, 0.25) is 0 Å². The van der Waals surface area contributed by atoms with Crippen LogP contribution in [0.5, 0.6) is 5.75 Å². The summed E-state index contributed by atoms with van der Waals surface area (Å²) in [6.07, 6.45) is -0.595. The number of carbonyl (C=O) groups is 1. The predicted molar refractivity (Wildman–Crippen MR) is 106 cm³/mol. The number of hydrogen-bond donors (Lipinski definition) is 3. The lowest BCUT2D eigenvalue weighted by Crippen LogP contribution is -2.34. The molecule has 0 bridgehead atoms. The van der Waals surface area contributed by atoms with E-state index >= 15 is 0 Å². The number of hydrogen-bond acceptors (Lipinski definition) is 5. The minimum absolute atomic E-state index is 0.0711. The van der Waals surface area contributed by atoms with E-state index in [1.54, 1.807) is 12.1 Å². The molecule has 5 nitrogen and oxygen atoms in total. The van der Waals surface area contributed by atoms with Crippen LogP contribution in [0.25, 0.3) is 11.1 Å². The van der Waals surface area contributed by atoms with Gasteiger partial charge in [-0.05, 0) is 51.9 Å². The second kappa shape index (κ2) is 7.46. The number of benzene rings is 3. The summed E-state index contributed by atoms with van der Waals surface area (Å²) in [6, 6.07) is 20.2. The Labute approximate surface area is 163 Å². The number of rotatable bonds is 5. The number of aliphatic hydroxyl groups is 1. The average molecular weight is 375 g/mol. The summed E-state index contributed by atoms with van der Waals surface area (Å²) in [6.45, 7) is 0.108. The number of aromatic hydroxyl groups is 1. The summed E-state index contributed by atoms with van der Waals surface area (Å²) in [7, 11) is 0. The minimum Gasteiger partial charge on any atom is -0.508 e. The molecule has 0 fully saturated rings. The van der Waals surface area contributed by atoms with Crippen molar-refractivity contribution >= 4 is 5.97 Å². The third-order valence-corrected chi connectivity index (χ3v) is 5.17. The second-order valence-electron chi connectivity index (χ2n) is 6.94. The van der Waals surface area contributed by atoms with Crippen LogP contribution in [0.1, 0.15) is 28.2 Å². The number of fused-ring (bicyclic) bond motifs is 3. The zero-order valence-corrected chi connectivity index (χ0v) is 15.2. The van der Waals surface area contributed by atoms with Crippen LogP contribution in [0.15, 0.2) is 66.7 Å². The summed E-state index contributed by atoms with van der Waals surface area (Å²) < 4.78 is 5.52. The van der Waals surface area contributed by atoms with Gasteiger partial charge >= 0.3 is 5.97 Å². The molecular weight excluding hydrogens is 354 g/mol. The van der Waals surface area contributed by atoms with Crippen molar-refractivity contribution in [3.8, 4) is 16.9 Å². The molecular formula is C23H21NO4. The van der Waals surface area contributed by atoms with E-state index in [0.29, 0.717) is 5.56 Å². The summed E-state index contributed by atoms with van der Waals surface area (Å²) in [5.74, 6) is -1.55. The molecule has 28 heavy (non-hydrogen) atoms. The van der Waals surface area contributed by atoms with E-state index in [2.05, 4.69) is 18.2 Å². The molecule has 0 saturated carbocycles. The van der Waals surface area contributed by atoms with Gasteiger partial charge in [0.15, 0.2) is 0 Å². The van der Waals surface area contributed by atoms with Crippen LogP contribution >= 0.6 is 0 Å². The first kappa shape index (κ1) is 18.2. The Morgan fingerprint density at radius 2 is 1.71 bits per heavy atom. The maximum Gasteiger partial charge on any atom is 0.317 e. The van der Waals surface area contributed by atoms with Gasteiger partial charge in [0.25, 0.3) is 0 Å². The monoisotopic (exact) mass is 375 g/mol. The third kappa shape index (κ3) is 3.38. The molecule has 4 rings (SSSR count). The highest BCUT2D eigenvalue weighted by molar-refractivity contribution is 5.80. The Hall–Kier alpha value is -3.15. The fourth-order valence-corrected chi connectivity index (χ4v) is 3.75. The number of aliphatic hydroxyl groups excluding tert-OH is 1. The topological polar surface area (TPSA) is 92.8 Å². The van der Waals surface area contributed by atoms with Gasteiger partial charge in [-0.3, -0.25) is 4.79 Å². The molecule has 3 aromatic carbocycles. The van der Waals surface area contributed by atoms with E-state index in [4.69, 9.17) is 10.5 Å². The summed E-state index contributed by atoms with van der Waals surface area (Å²) in [5, 5.41) is 19.3. The maximum atomic E-state index is 12.6. The lowest BCUT2D eigenvalue weighted by molar-refractivity contribution is -0.149. The van der Waals surface area contributed by atoms with Crippen LogP contribution in [0.2, 0.25) is 0 Å². The van der Waals surface area contributed by atoms with Crippen molar-refractivity contribution in [3.05, 3.63) is 89.0 Å². The van der Waals surface area contributed by atoms with E-state index in [9.17, 15) is 15.0 Å². The fraction of sp³-hybridized carbons (Fsp3) is 0.174. The van der Waals surface area contributed by atoms with Gasteiger partial charge in [-0.2, -0.15) is 0 Å². The number of phenols is 1. The van der Waals surface area contributed by atoms with Gasteiger partial charge in [0, 0.05) is 0 Å². The Morgan fingerprint density at radius 3 is 2.46 bits per heavy atom. The first-order valence-corrected chi connectivity index (χ1v) is 9.13. The third-order valence-electron chi connectivity index (χ3n) is 5.17. The molecule has 2 unspecified atom stereocenters. The van der Waals surface area contributed by atoms with Gasteiger partial charge in [-0.25, -0.2) is 0 Å². The molecule has 142 valence electrons. The Balaban J connectivity index is 1.53. The molecule has 1 aliphatic rings. The van der Waals surface area contributed by atoms with Crippen LogP contribution in [-0.4, -0.2) is 22.4 Å². The van der Waals surface area contributed by atoms with Crippen LogP contribution < -0.4 is 5.73 Å². The predicted octanol–water partition coefficient (Wildman–Crippen LogP) is 3.07. The molecule has 0 heterocycles.